The van der Waals surface area contributed by atoms with Gasteiger partial charge in [0.1, 0.15) is 0 Å². The van der Waals surface area contributed by atoms with Gasteiger partial charge >= 0.3 is 0 Å². The third kappa shape index (κ3) is 2.71. The number of aryl methyl sites for hydroxylation is 1. The van der Waals surface area contributed by atoms with Gasteiger partial charge in [0, 0.05) is 32.4 Å². The highest BCUT2D eigenvalue weighted by Gasteiger charge is 2.26. The van der Waals surface area contributed by atoms with Crippen LogP contribution in [0.15, 0.2) is 10.1 Å². The van der Waals surface area contributed by atoms with Crippen LogP contribution < -0.4 is 4.90 Å². The fraction of sp³-hybridized carbons (Fsp3) is 0.786. The Labute approximate surface area is 123 Å². The molecule has 1 fully saturated rings. The van der Waals surface area contributed by atoms with Gasteiger partial charge in [-0.25, -0.2) is 4.68 Å². The molecule has 0 spiro atoms. The molecule has 1 saturated heterocycles. The minimum absolute atomic E-state index is 0.338. The van der Waals surface area contributed by atoms with E-state index in [1.165, 1.54) is 23.0 Å². The SMILES string of the molecule is CC(C)CC1=NCC[SH]1c1nc(N2CCCC2)nn1C. The van der Waals surface area contributed by atoms with Gasteiger partial charge in [-0.15, -0.1) is 5.10 Å². The summed E-state index contributed by atoms with van der Waals surface area (Å²) in [6.45, 7) is 7.71. The molecule has 0 bridgehead atoms. The van der Waals surface area contributed by atoms with Crippen molar-refractivity contribution in [3.8, 4) is 0 Å². The smallest absolute Gasteiger partial charge is 0.245 e. The minimum atomic E-state index is -0.338. The normalized spacial score (nSPS) is 24.7. The molecule has 0 radical (unpaired) electrons. The van der Waals surface area contributed by atoms with Gasteiger partial charge in [0.15, 0.2) is 5.16 Å². The van der Waals surface area contributed by atoms with Crippen molar-refractivity contribution in [2.45, 2.75) is 38.3 Å². The van der Waals surface area contributed by atoms with E-state index in [4.69, 9.17) is 9.98 Å². The van der Waals surface area contributed by atoms with Crippen LogP contribution in [0.3, 0.4) is 0 Å². The van der Waals surface area contributed by atoms with Crippen molar-refractivity contribution in [3.05, 3.63) is 0 Å². The van der Waals surface area contributed by atoms with Crippen molar-refractivity contribution in [1.82, 2.24) is 14.8 Å². The number of hydrogen-bond acceptors (Lipinski definition) is 4. The van der Waals surface area contributed by atoms with Crippen LogP contribution in [0, 0.1) is 5.92 Å². The zero-order valence-corrected chi connectivity index (χ0v) is 13.6. The molecule has 1 unspecified atom stereocenters. The van der Waals surface area contributed by atoms with Gasteiger partial charge < -0.3 is 4.90 Å². The van der Waals surface area contributed by atoms with Crippen LogP contribution in [0.4, 0.5) is 5.95 Å². The Morgan fingerprint density at radius 2 is 2.00 bits per heavy atom. The van der Waals surface area contributed by atoms with Gasteiger partial charge in [-0.05, 0) is 25.2 Å². The topological polar surface area (TPSA) is 46.3 Å². The molecule has 0 amide bonds. The lowest BCUT2D eigenvalue weighted by Gasteiger charge is -2.17. The van der Waals surface area contributed by atoms with Crippen molar-refractivity contribution in [2.24, 2.45) is 18.0 Å². The van der Waals surface area contributed by atoms with Crippen LogP contribution in [-0.2, 0) is 7.05 Å². The summed E-state index contributed by atoms with van der Waals surface area (Å²) in [5.74, 6) is 2.75. The molecule has 3 heterocycles. The molecule has 2 aliphatic rings. The van der Waals surface area contributed by atoms with Gasteiger partial charge in [-0.1, -0.05) is 13.8 Å². The van der Waals surface area contributed by atoms with Gasteiger partial charge in [-0.2, -0.15) is 15.9 Å². The lowest BCUT2D eigenvalue weighted by molar-refractivity contribution is 0.678. The summed E-state index contributed by atoms with van der Waals surface area (Å²) in [6, 6.07) is 0. The Morgan fingerprint density at radius 1 is 1.25 bits per heavy atom. The highest BCUT2D eigenvalue weighted by molar-refractivity contribution is 8.30. The van der Waals surface area contributed by atoms with Crippen LogP contribution in [0.5, 0.6) is 0 Å². The van der Waals surface area contributed by atoms with Crippen molar-refractivity contribution in [3.63, 3.8) is 0 Å². The molecule has 1 aromatic heterocycles. The van der Waals surface area contributed by atoms with Crippen molar-refractivity contribution in [1.29, 1.82) is 0 Å². The van der Waals surface area contributed by atoms with Crippen LogP contribution >= 0.6 is 10.9 Å². The summed E-state index contributed by atoms with van der Waals surface area (Å²) >= 11 is 0. The maximum atomic E-state index is 4.86. The predicted molar refractivity (Wildman–Crippen MR) is 86.3 cm³/mol. The van der Waals surface area contributed by atoms with E-state index in [9.17, 15) is 0 Å². The van der Waals surface area contributed by atoms with Crippen LogP contribution in [0.1, 0.15) is 33.1 Å². The number of hydrogen-bond donors (Lipinski definition) is 1. The Kier molecular flexibility index (Phi) is 4.01. The van der Waals surface area contributed by atoms with E-state index in [0.717, 1.165) is 37.8 Å². The van der Waals surface area contributed by atoms with E-state index in [1.807, 2.05) is 11.7 Å². The molecular weight excluding hydrogens is 270 g/mol. The first kappa shape index (κ1) is 13.9. The first-order valence-corrected chi connectivity index (χ1v) is 9.14. The monoisotopic (exact) mass is 295 g/mol. The van der Waals surface area contributed by atoms with Crippen molar-refractivity contribution >= 4 is 21.9 Å². The Balaban J connectivity index is 1.81. The van der Waals surface area contributed by atoms with Gasteiger partial charge in [0.05, 0.1) is 5.04 Å². The van der Waals surface area contributed by atoms with Crippen LogP contribution in [0.25, 0.3) is 0 Å². The summed E-state index contributed by atoms with van der Waals surface area (Å²) < 4.78 is 2.00. The third-order valence-electron chi connectivity index (χ3n) is 3.88. The molecule has 6 heteroatoms. The summed E-state index contributed by atoms with van der Waals surface area (Å²) in [5, 5.41) is 7.20. The van der Waals surface area contributed by atoms with Gasteiger partial charge in [-0.3, -0.25) is 4.99 Å². The average molecular weight is 295 g/mol. The molecule has 112 valence electrons. The zero-order valence-electron chi connectivity index (χ0n) is 12.7. The number of anilines is 1. The second-order valence-corrected chi connectivity index (χ2v) is 8.30. The maximum Gasteiger partial charge on any atom is 0.245 e. The number of rotatable bonds is 4. The highest BCUT2D eigenvalue weighted by atomic mass is 32.2. The number of thiol groups is 1. The number of nitrogens with zero attached hydrogens (tertiary/aromatic N) is 5. The summed E-state index contributed by atoms with van der Waals surface area (Å²) in [6.07, 6.45) is 3.64. The first-order valence-electron chi connectivity index (χ1n) is 7.62. The molecule has 2 aliphatic heterocycles. The van der Waals surface area contributed by atoms with E-state index < -0.39 is 0 Å². The molecule has 1 aromatic rings. The van der Waals surface area contributed by atoms with E-state index in [0.29, 0.717) is 5.92 Å². The maximum absolute atomic E-state index is 4.86. The van der Waals surface area contributed by atoms with E-state index in [1.54, 1.807) is 0 Å². The average Bonchev–Trinajstić information content (AvgIpc) is 3.08. The molecule has 0 aromatic carbocycles. The lowest BCUT2D eigenvalue weighted by atomic mass is 10.1. The second kappa shape index (κ2) is 5.76. The standard InChI is InChI=1S/C14H25N5S/c1-11(2)10-12-15-6-9-20(12)14-16-13(17-18(14)3)19-7-4-5-8-19/h11,20H,4-10H2,1-3H3. The van der Waals surface area contributed by atoms with Gasteiger partial charge in [0.25, 0.3) is 0 Å². The first-order chi connectivity index (χ1) is 9.65. The quantitative estimate of drug-likeness (QED) is 0.867. The van der Waals surface area contributed by atoms with Crippen LogP contribution in [-0.4, -0.2) is 45.2 Å². The lowest BCUT2D eigenvalue weighted by Crippen LogP contribution is -2.19. The van der Waals surface area contributed by atoms with Gasteiger partial charge in [0.2, 0.25) is 5.95 Å². The molecule has 0 aliphatic carbocycles. The second-order valence-electron chi connectivity index (χ2n) is 6.08. The minimum Gasteiger partial charge on any atom is -0.340 e. The van der Waals surface area contributed by atoms with Crippen molar-refractivity contribution in [2.75, 3.05) is 30.3 Å². The molecular formula is C14H25N5S. The predicted octanol–water partition coefficient (Wildman–Crippen LogP) is 2.23. The van der Waals surface area contributed by atoms with E-state index in [2.05, 4.69) is 23.8 Å². The number of aliphatic imine (C=N–C) groups is 1. The fourth-order valence-electron chi connectivity index (χ4n) is 2.90. The molecule has 0 N–H and O–H groups in total. The van der Waals surface area contributed by atoms with E-state index >= 15 is 0 Å². The molecule has 1 atom stereocenters. The van der Waals surface area contributed by atoms with Crippen LogP contribution in [0.2, 0.25) is 0 Å². The molecule has 3 rings (SSSR count). The third-order valence-corrected chi connectivity index (χ3v) is 6.35. The summed E-state index contributed by atoms with van der Waals surface area (Å²) in [5.41, 5.74) is 0. The number of aromatic nitrogens is 3. The fourth-order valence-corrected chi connectivity index (χ4v) is 5.35. The molecule has 20 heavy (non-hydrogen) atoms. The summed E-state index contributed by atoms with van der Waals surface area (Å²) in [7, 11) is 1.70. The Morgan fingerprint density at radius 3 is 2.70 bits per heavy atom. The zero-order chi connectivity index (χ0) is 14.1. The van der Waals surface area contributed by atoms with Crippen molar-refractivity contribution < 1.29 is 0 Å². The van der Waals surface area contributed by atoms with E-state index in [-0.39, 0.29) is 10.9 Å². The Bertz CT molecular complexity index is 502. The summed E-state index contributed by atoms with van der Waals surface area (Å²) in [4.78, 5) is 11.9. The largest absolute Gasteiger partial charge is 0.340 e. The highest BCUT2D eigenvalue weighted by Crippen LogP contribution is 2.42. The Hall–Kier alpha value is -1.04. The molecule has 0 saturated carbocycles. The molecule has 5 nitrogen and oxygen atoms in total.